The molecule has 1 fully saturated rings. The zero-order valence-corrected chi connectivity index (χ0v) is 23.3. The third-order valence-electron chi connectivity index (χ3n) is 6.41. The number of halogens is 3. The zero-order chi connectivity index (χ0) is 28.2. The minimum atomic E-state index is -0.885. The average Bonchev–Trinajstić information content (AvgIpc) is 3.30. The molecule has 10 nitrogen and oxygen atoms in total. The van der Waals surface area contributed by atoms with Crippen molar-refractivity contribution in [1.29, 1.82) is 0 Å². The molecule has 2 heterocycles. The standard InChI is InChI=1S/C25H35ClF2N6O4S/c26-18-15-19(27)17(14-20(18)28)16-38-23-21(22(29)36)24(39-32-23)31-25(37)30-6-4-2-1-3-5-7-33-8-10-34(11-9-33)12-13-35/h14-15,35H,1-13,16H2,(H2,29,36)(H2,30,31,37). The first-order chi connectivity index (χ1) is 18.8. The van der Waals surface area contributed by atoms with Gasteiger partial charge in [0.25, 0.3) is 5.91 Å². The van der Waals surface area contributed by atoms with Gasteiger partial charge in [-0.1, -0.05) is 30.9 Å². The fraction of sp³-hybridized carbons (Fsp3) is 0.560. The average molecular weight is 589 g/mol. The summed E-state index contributed by atoms with van der Waals surface area (Å²) in [6.07, 6.45) is 5.14. The fourth-order valence-corrected chi connectivity index (χ4v) is 5.10. The van der Waals surface area contributed by atoms with Crippen LogP contribution in [0.4, 0.5) is 18.6 Å². The van der Waals surface area contributed by atoms with E-state index in [0.717, 1.165) is 95.0 Å². The van der Waals surface area contributed by atoms with Crippen molar-refractivity contribution in [3.05, 3.63) is 39.9 Å². The van der Waals surface area contributed by atoms with E-state index in [2.05, 4.69) is 24.8 Å². The smallest absolute Gasteiger partial charge is 0.319 e. The molecule has 5 N–H and O–H groups in total. The molecule has 216 valence electrons. The number of rotatable bonds is 15. The Kier molecular flexibility index (Phi) is 12.6. The molecule has 1 aromatic carbocycles. The van der Waals surface area contributed by atoms with Crippen LogP contribution in [-0.4, -0.2) is 83.6 Å². The van der Waals surface area contributed by atoms with E-state index in [-0.39, 0.29) is 33.6 Å². The van der Waals surface area contributed by atoms with Gasteiger partial charge < -0.3 is 25.8 Å². The highest BCUT2D eigenvalue weighted by Gasteiger charge is 2.22. The van der Waals surface area contributed by atoms with Gasteiger partial charge in [-0.05, 0) is 43.1 Å². The van der Waals surface area contributed by atoms with E-state index in [4.69, 9.17) is 27.2 Å². The Labute approximate surface area is 235 Å². The number of nitrogens with two attached hydrogens (primary N) is 1. The Bertz CT molecular complexity index is 1100. The van der Waals surface area contributed by atoms with E-state index in [1.54, 1.807) is 0 Å². The second kappa shape index (κ2) is 15.9. The van der Waals surface area contributed by atoms with E-state index < -0.39 is 30.2 Å². The highest BCUT2D eigenvalue weighted by molar-refractivity contribution is 7.11. The number of ether oxygens (including phenoxy) is 1. The van der Waals surface area contributed by atoms with Gasteiger partial charge in [0.1, 0.15) is 28.8 Å². The number of piperazine rings is 1. The number of hydrogen-bond acceptors (Lipinski definition) is 8. The first-order valence-corrected chi connectivity index (χ1v) is 14.1. The summed E-state index contributed by atoms with van der Waals surface area (Å²) in [5.41, 5.74) is 5.16. The van der Waals surface area contributed by atoms with Crippen LogP contribution in [0.15, 0.2) is 12.1 Å². The molecule has 3 rings (SSSR count). The predicted octanol–water partition coefficient (Wildman–Crippen LogP) is 3.43. The van der Waals surface area contributed by atoms with Crippen molar-refractivity contribution in [2.75, 3.05) is 57.7 Å². The summed E-state index contributed by atoms with van der Waals surface area (Å²) in [5.74, 6) is -2.66. The monoisotopic (exact) mass is 588 g/mol. The molecule has 0 spiro atoms. The molecule has 2 aromatic rings. The molecule has 0 atom stereocenters. The van der Waals surface area contributed by atoms with Gasteiger partial charge in [-0.15, -0.1) is 0 Å². The SMILES string of the molecule is NC(=O)c1c(OCc2cc(F)c(Cl)cc2F)nsc1NC(=O)NCCCCCCCN1CCN(CCO)CC1. The van der Waals surface area contributed by atoms with Gasteiger partial charge >= 0.3 is 6.03 Å². The Balaban J connectivity index is 1.33. The maximum absolute atomic E-state index is 14.0. The first-order valence-electron chi connectivity index (χ1n) is 12.9. The maximum atomic E-state index is 14.0. The lowest BCUT2D eigenvalue weighted by Crippen LogP contribution is -2.47. The lowest BCUT2D eigenvalue weighted by molar-refractivity contribution is 0.0996. The summed E-state index contributed by atoms with van der Waals surface area (Å²) < 4.78 is 37.0. The number of nitrogens with one attached hydrogen (secondary N) is 2. The summed E-state index contributed by atoms with van der Waals surface area (Å²) >= 11 is 6.34. The molecule has 1 aromatic heterocycles. The Morgan fingerprint density at radius 2 is 1.72 bits per heavy atom. The molecule has 1 aliphatic heterocycles. The quantitative estimate of drug-likeness (QED) is 0.185. The first kappa shape index (κ1) is 31.0. The summed E-state index contributed by atoms with van der Waals surface area (Å²) in [6.45, 7) is 6.21. The number of aliphatic hydroxyl groups excluding tert-OH is 1. The minimum Gasteiger partial charge on any atom is -0.471 e. The Morgan fingerprint density at radius 3 is 2.41 bits per heavy atom. The molecule has 0 unspecified atom stereocenters. The molecule has 0 bridgehead atoms. The number of anilines is 1. The normalized spacial score (nSPS) is 14.4. The molecule has 1 aliphatic rings. The maximum Gasteiger partial charge on any atom is 0.319 e. The number of amides is 3. The molecule has 39 heavy (non-hydrogen) atoms. The minimum absolute atomic E-state index is 0.0925. The van der Waals surface area contributed by atoms with Crippen LogP contribution in [0, 0.1) is 11.6 Å². The van der Waals surface area contributed by atoms with Gasteiger partial charge in [0, 0.05) is 44.8 Å². The van der Waals surface area contributed by atoms with Gasteiger partial charge in [0.2, 0.25) is 5.88 Å². The van der Waals surface area contributed by atoms with E-state index >= 15 is 0 Å². The van der Waals surface area contributed by atoms with E-state index in [1.807, 2.05) is 0 Å². The van der Waals surface area contributed by atoms with Crippen LogP contribution in [0.3, 0.4) is 0 Å². The van der Waals surface area contributed by atoms with Gasteiger partial charge in [0.15, 0.2) is 0 Å². The van der Waals surface area contributed by atoms with E-state index in [9.17, 15) is 18.4 Å². The van der Waals surface area contributed by atoms with Crippen molar-refractivity contribution in [3.63, 3.8) is 0 Å². The van der Waals surface area contributed by atoms with Crippen LogP contribution in [0.5, 0.6) is 5.88 Å². The van der Waals surface area contributed by atoms with Crippen molar-refractivity contribution in [1.82, 2.24) is 19.5 Å². The van der Waals surface area contributed by atoms with Crippen molar-refractivity contribution in [2.24, 2.45) is 5.73 Å². The van der Waals surface area contributed by atoms with Crippen LogP contribution >= 0.6 is 23.1 Å². The molecule has 0 aliphatic carbocycles. The van der Waals surface area contributed by atoms with Crippen molar-refractivity contribution >= 4 is 40.1 Å². The number of hydrogen-bond donors (Lipinski definition) is 4. The van der Waals surface area contributed by atoms with Crippen molar-refractivity contribution < 1.29 is 28.2 Å². The zero-order valence-electron chi connectivity index (χ0n) is 21.7. The second-order valence-corrected chi connectivity index (χ2v) is 10.4. The van der Waals surface area contributed by atoms with Gasteiger partial charge in [-0.3, -0.25) is 15.0 Å². The fourth-order valence-electron chi connectivity index (χ4n) is 4.22. The third kappa shape index (κ3) is 9.84. The highest BCUT2D eigenvalue weighted by atomic mass is 35.5. The highest BCUT2D eigenvalue weighted by Crippen LogP contribution is 2.31. The molecular weight excluding hydrogens is 554 g/mol. The van der Waals surface area contributed by atoms with Crippen molar-refractivity contribution in [3.8, 4) is 5.88 Å². The molecule has 0 radical (unpaired) electrons. The number of benzene rings is 1. The number of nitrogens with zero attached hydrogens (tertiary/aromatic N) is 3. The third-order valence-corrected chi connectivity index (χ3v) is 7.44. The van der Waals surface area contributed by atoms with Gasteiger partial charge in [-0.2, -0.15) is 4.37 Å². The van der Waals surface area contributed by atoms with Crippen LogP contribution in [0.1, 0.15) is 48.0 Å². The lowest BCUT2D eigenvalue weighted by atomic mass is 10.1. The number of carbonyl (C=O) groups is 2. The Morgan fingerprint density at radius 1 is 1.05 bits per heavy atom. The van der Waals surface area contributed by atoms with Crippen LogP contribution in [-0.2, 0) is 6.61 Å². The van der Waals surface area contributed by atoms with Crippen LogP contribution in [0.2, 0.25) is 5.02 Å². The predicted molar refractivity (Wildman–Crippen MR) is 146 cm³/mol. The Hall–Kier alpha value is -2.58. The number of urea groups is 1. The van der Waals surface area contributed by atoms with Crippen LogP contribution in [0.25, 0.3) is 0 Å². The molecule has 3 amide bonds. The molecule has 1 saturated heterocycles. The number of aromatic nitrogens is 1. The van der Waals surface area contributed by atoms with Crippen LogP contribution < -0.4 is 21.1 Å². The number of carbonyl (C=O) groups excluding carboxylic acids is 2. The topological polar surface area (TPSA) is 133 Å². The number of aliphatic hydroxyl groups is 1. The molecule has 14 heteroatoms. The number of β-amino-alcohol motifs (C(OH)–C–C–N with tert-alkyl or cyclic N) is 1. The molecule has 0 saturated carbocycles. The second-order valence-electron chi connectivity index (χ2n) is 9.26. The summed E-state index contributed by atoms with van der Waals surface area (Å²) in [6, 6.07) is 1.20. The number of primary amides is 1. The lowest BCUT2D eigenvalue weighted by Gasteiger charge is -2.34. The van der Waals surface area contributed by atoms with Crippen molar-refractivity contribution in [2.45, 2.75) is 38.7 Å². The van der Waals surface area contributed by atoms with Gasteiger partial charge in [0.05, 0.1) is 11.6 Å². The summed E-state index contributed by atoms with van der Waals surface area (Å²) in [4.78, 5) is 29.0. The van der Waals surface area contributed by atoms with E-state index in [1.165, 1.54) is 0 Å². The van der Waals surface area contributed by atoms with Gasteiger partial charge in [-0.25, -0.2) is 13.6 Å². The number of unbranched alkanes of at least 4 members (excludes halogenated alkanes) is 4. The summed E-state index contributed by atoms with van der Waals surface area (Å²) in [5, 5.41) is 14.0. The largest absolute Gasteiger partial charge is 0.471 e. The summed E-state index contributed by atoms with van der Waals surface area (Å²) in [7, 11) is 0. The van der Waals surface area contributed by atoms with E-state index in [0.29, 0.717) is 6.54 Å². The molecular formula is C25H35ClF2N6O4S.